The summed E-state index contributed by atoms with van der Waals surface area (Å²) in [4.78, 5) is 0. The van der Waals surface area contributed by atoms with Crippen molar-refractivity contribution in [1.29, 1.82) is 0 Å². The summed E-state index contributed by atoms with van der Waals surface area (Å²) in [6.45, 7) is 6.04. The van der Waals surface area contributed by atoms with Crippen LogP contribution < -0.4 is 0 Å². The minimum atomic E-state index is -0.669. The van der Waals surface area contributed by atoms with Gasteiger partial charge in [-0.15, -0.1) is 0 Å². The van der Waals surface area contributed by atoms with Gasteiger partial charge >= 0.3 is 0 Å². The maximum Gasteiger partial charge on any atom is 0.106 e. The molecular formula is C16H17ClO. The van der Waals surface area contributed by atoms with Gasteiger partial charge in [0.05, 0.1) is 0 Å². The number of aryl methyl sites for hydroxylation is 3. The van der Waals surface area contributed by atoms with E-state index >= 15 is 0 Å². The summed E-state index contributed by atoms with van der Waals surface area (Å²) in [5, 5.41) is 11.1. The van der Waals surface area contributed by atoms with Crippen molar-refractivity contribution in [1.82, 2.24) is 0 Å². The van der Waals surface area contributed by atoms with E-state index in [2.05, 4.69) is 0 Å². The lowest BCUT2D eigenvalue weighted by molar-refractivity contribution is 0.219. The normalized spacial score (nSPS) is 12.5. The summed E-state index contributed by atoms with van der Waals surface area (Å²) >= 11 is 6.24. The smallest absolute Gasteiger partial charge is 0.106 e. The van der Waals surface area contributed by atoms with E-state index in [0.29, 0.717) is 5.02 Å². The molecule has 0 heterocycles. The lowest BCUT2D eigenvalue weighted by atomic mass is 9.95. The van der Waals surface area contributed by atoms with Gasteiger partial charge in [-0.05, 0) is 49.1 Å². The highest BCUT2D eigenvalue weighted by Gasteiger charge is 2.16. The van der Waals surface area contributed by atoms with Gasteiger partial charge < -0.3 is 5.11 Å². The summed E-state index contributed by atoms with van der Waals surface area (Å²) < 4.78 is 0. The highest BCUT2D eigenvalue weighted by atomic mass is 35.5. The number of aliphatic hydroxyl groups excluding tert-OH is 1. The Morgan fingerprint density at radius 2 is 1.50 bits per heavy atom. The molecule has 94 valence electrons. The molecule has 1 nitrogen and oxygen atoms in total. The Hall–Kier alpha value is -1.31. The summed E-state index contributed by atoms with van der Waals surface area (Å²) in [6.07, 6.45) is -0.669. The van der Waals surface area contributed by atoms with Crippen LogP contribution in [0, 0.1) is 20.8 Å². The molecule has 0 aromatic heterocycles. The van der Waals surface area contributed by atoms with E-state index in [1.165, 1.54) is 0 Å². The van der Waals surface area contributed by atoms with Crippen molar-refractivity contribution in [2.75, 3.05) is 0 Å². The van der Waals surface area contributed by atoms with Crippen LogP contribution in [0.4, 0.5) is 0 Å². The first kappa shape index (κ1) is 13.1. The fourth-order valence-corrected chi connectivity index (χ4v) is 2.40. The number of hydrogen-bond donors (Lipinski definition) is 1. The fourth-order valence-electron chi connectivity index (χ4n) is 2.07. The lowest BCUT2D eigenvalue weighted by Gasteiger charge is -2.17. The molecule has 0 amide bonds. The van der Waals surface area contributed by atoms with Crippen molar-refractivity contribution in [2.24, 2.45) is 0 Å². The van der Waals surface area contributed by atoms with E-state index in [9.17, 15) is 5.11 Å². The zero-order chi connectivity index (χ0) is 13.3. The van der Waals surface area contributed by atoms with Crippen LogP contribution in [0.1, 0.15) is 33.9 Å². The predicted octanol–water partition coefficient (Wildman–Crippen LogP) is 4.35. The quantitative estimate of drug-likeness (QED) is 0.851. The van der Waals surface area contributed by atoms with Crippen LogP contribution >= 0.6 is 11.6 Å². The average Bonchev–Trinajstić information content (AvgIpc) is 2.33. The molecule has 2 rings (SSSR count). The first-order valence-electron chi connectivity index (χ1n) is 6.01. The third kappa shape index (κ3) is 2.43. The SMILES string of the molecule is Cc1cc(Cl)c(C(O)c2ccccc2C)cc1C. The number of rotatable bonds is 2. The Labute approximate surface area is 113 Å². The molecule has 1 unspecified atom stereocenters. The predicted molar refractivity (Wildman–Crippen MR) is 76.2 cm³/mol. The number of aliphatic hydroxyl groups is 1. The average molecular weight is 261 g/mol. The molecule has 0 saturated heterocycles. The number of halogens is 1. The van der Waals surface area contributed by atoms with Gasteiger partial charge in [-0.3, -0.25) is 0 Å². The Morgan fingerprint density at radius 1 is 0.889 bits per heavy atom. The van der Waals surface area contributed by atoms with E-state index in [1.54, 1.807) is 0 Å². The highest BCUT2D eigenvalue weighted by molar-refractivity contribution is 6.31. The van der Waals surface area contributed by atoms with Gasteiger partial charge in [0.15, 0.2) is 0 Å². The monoisotopic (exact) mass is 260 g/mol. The van der Waals surface area contributed by atoms with E-state index in [0.717, 1.165) is 27.8 Å². The Morgan fingerprint density at radius 3 is 2.17 bits per heavy atom. The second-order valence-electron chi connectivity index (χ2n) is 4.72. The van der Waals surface area contributed by atoms with Crippen LogP contribution in [-0.4, -0.2) is 5.11 Å². The van der Waals surface area contributed by atoms with Crippen LogP contribution in [-0.2, 0) is 0 Å². The molecule has 0 bridgehead atoms. The molecule has 2 heteroatoms. The first-order valence-corrected chi connectivity index (χ1v) is 6.38. The Bertz CT molecular complexity index is 575. The van der Waals surface area contributed by atoms with Crippen LogP contribution in [0.3, 0.4) is 0 Å². The van der Waals surface area contributed by atoms with Gasteiger partial charge in [-0.25, -0.2) is 0 Å². The molecular weight excluding hydrogens is 244 g/mol. The zero-order valence-electron chi connectivity index (χ0n) is 10.9. The summed E-state index contributed by atoms with van der Waals surface area (Å²) in [5.74, 6) is 0. The van der Waals surface area contributed by atoms with E-state index in [-0.39, 0.29) is 0 Å². The van der Waals surface area contributed by atoms with Gasteiger partial charge in [0.25, 0.3) is 0 Å². The molecule has 2 aromatic carbocycles. The van der Waals surface area contributed by atoms with Crippen molar-refractivity contribution < 1.29 is 5.11 Å². The molecule has 0 saturated carbocycles. The van der Waals surface area contributed by atoms with Gasteiger partial charge in [0.1, 0.15) is 6.10 Å². The van der Waals surface area contributed by atoms with Crippen molar-refractivity contribution >= 4 is 11.6 Å². The minimum absolute atomic E-state index is 0.619. The molecule has 0 spiro atoms. The number of benzene rings is 2. The molecule has 0 aliphatic rings. The standard InChI is InChI=1S/C16H17ClO/c1-10-6-4-5-7-13(10)16(18)14-8-11(2)12(3)9-15(14)17/h4-9,16,18H,1-3H3. The van der Waals surface area contributed by atoms with Gasteiger partial charge in [0.2, 0.25) is 0 Å². The van der Waals surface area contributed by atoms with Crippen molar-refractivity contribution in [3.05, 3.63) is 69.2 Å². The second-order valence-corrected chi connectivity index (χ2v) is 5.12. The summed E-state index contributed by atoms with van der Waals surface area (Å²) in [6, 6.07) is 11.7. The van der Waals surface area contributed by atoms with Crippen molar-refractivity contribution in [3.8, 4) is 0 Å². The van der Waals surface area contributed by atoms with E-state index in [1.807, 2.05) is 57.2 Å². The van der Waals surface area contributed by atoms with Gasteiger partial charge in [-0.1, -0.05) is 41.9 Å². The third-order valence-corrected chi connectivity index (χ3v) is 3.72. The van der Waals surface area contributed by atoms with Crippen LogP contribution in [0.15, 0.2) is 36.4 Å². The van der Waals surface area contributed by atoms with E-state index in [4.69, 9.17) is 11.6 Å². The lowest BCUT2D eigenvalue weighted by Crippen LogP contribution is -2.03. The molecule has 2 aromatic rings. The Kier molecular flexibility index (Phi) is 3.74. The molecule has 0 fully saturated rings. The van der Waals surface area contributed by atoms with Gasteiger partial charge in [-0.2, -0.15) is 0 Å². The number of hydrogen-bond acceptors (Lipinski definition) is 1. The maximum absolute atomic E-state index is 10.5. The fraction of sp³-hybridized carbons (Fsp3) is 0.250. The molecule has 1 atom stereocenters. The zero-order valence-corrected chi connectivity index (χ0v) is 11.6. The topological polar surface area (TPSA) is 20.2 Å². The van der Waals surface area contributed by atoms with Gasteiger partial charge in [0, 0.05) is 10.6 Å². The summed E-state index contributed by atoms with van der Waals surface area (Å²) in [7, 11) is 0. The molecule has 0 aliphatic carbocycles. The molecule has 0 aliphatic heterocycles. The van der Waals surface area contributed by atoms with E-state index < -0.39 is 6.10 Å². The molecule has 0 radical (unpaired) electrons. The largest absolute Gasteiger partial charge is 0.384 e. The molecule has 18 heavy (non-hydrogen) atoms. The Balaban J connectivity index is 2.50. The van der Waals surface area contributed by atoms with Crippen molar-refractivity contribution in [3.63, 3.8) is 0 Å². The van der Waals surface area contributed by atoms with Crippen molar-refractivity contribution in [2.45, 2.75) is 26.9 Å². The second kappa shape index (κ2) is 5.13. The van der Waals surface area contributed by atoms with Crippen LogP contribution in [0.2, 0.25) is 5.02 Å². The maximum atomic E-state index is 10.5. The van der Waals surface area contributed by atoms with Crippen LogP contribution in [0.5, 0.6) is 0 Å². The highest BCUT2D eigenvalue weighted by Crippen LogP contribution is 2.31. The van der Waals surface area contributed by atoms with Crippen LogP contribution in [0.25, 0.3) is 0 Å². The minimum Gasteiger partial charge on any atom is -0.384 e. The summed E-state index contributed by atoms with van der Waals surface area (Å²) in [5.41, 5.74) is 5.03. The third-order valence-electron chi connectivity index (χ3n) is 3.39. The molecule has 1 N–H and O–H groups in total. The first-order chi connectivity index (χ1) is 8.50.